The van der Waals surface area contributed by atoms with Gasteiger partial charge in [0.15, 0.2) is 0 Å². The molecule has 2 rings (SSSR count). The minimum absolute atomic E-state index is 0.154. The molecule has 2 atom stereocenters. The summed E-state index contributed by atoms with van der Waals surface area (Å²) in [5.41, 5.74) is 0.309. The smallest absolute Gasteiger partial charge is 0.224 e. The van der Waals surface area contributed by atoms with Crippen molar-refractivity contribution in [3.63, 3.8) is 0 Å². The first-order chi connectivity index (χ1) is 8.26. The van der Waals surface area contributed by atoms with Crippen LogP contribution in [0.5, 0.6) is 0 Å². The Kier molecular flexibility index (Phi) is 3.84. The summed E-state index contributed by atoms with van der Waals surface area (Å²) in [6.45, 7) is 9.67. The second-order valence-corrected chi connectivity index (χ2v) is 8.55. The molecule has 2 fully saturated rings. The third kappa shape index (κ3) is 2.48. The van der Waals surface area contributed by atoms with Crippen LogP contribution in [0.1, 0.15) is 53.4 Å². The van der Waals surface area contributed by atoms with E-state index in [4.69, 9.17) is 0 Å². The summed E-state index contributed by atoms with van der Waals surface area (Å²) < 4.78 is 0. The molecule has 2 saturated carbocycles. The van der Waals surface area contributed by atoms with Crippen LogP contribution >= 0.6 is 15.9 Å². The van der Waals surface area contributed by atoms with Gasteiger partial charge in [0.1, 0.15) is 0 Å². The van der Waals surface area contributed by atoms with Crippen molar-refractivity contribution in [2.75, 3.05) is 6.54 Å². The van der Waals surface area contributed by atoms with Gasteiger partial charge in [-0.05, 0) is 36.0 Å². The Labute approximate surface area is 119 Å². The minimum Gasteiger partial charge on any atom is -0.356 e. The van der Waals surface area contributed by atoms with Gasteiger partial charge in [-0.15, -0.1) is 0 Å². The molecule has 1 N–H and O–H groups in total. The fourth-order valence-electron chi connectivity index (χ4n) is 3.61. The number of hydrogen-bond donors (Lipinski definition) is 1. The molecular formula is C15H26BrNO. The molecule has 0 bridgehead atoms. The average molecular weight is 316 g/mol. The molecule has 3 heteroatoms. The molecule has 2 aliphatic carbocycles. The number of carbonyl (C=O) groups excluding carboxylic acids is 1. The van der Waals surface area contributed by atoms with E-state index in [-0.39, 0.29) is 22.7 Å². The number of carbonyl (C=O) groups is 1. The van der Waals surface area contributed by atoms with Crippen molar-refractivity contribution in [2.24, 2.45) is 22.7 Å². The van der Waals surface area contributed by atoms with Crippen molar-refractivity contribution >= 4 is 21.8 Å². The van der Waals surface area contributed by atoms with Gasteiger partial charge in [0.2, 0.25) is 5.91 Å². The highest BCUT2D eigenvalue weighted by Crippen LogP contribution is 2.68. The van der Waals surface area contributed by atoms with Crippen LogP contribution in [-0.4, -0.2) is 17.3 Å². The number of amides is 1. The number of hydrogen-bond acceptors (Lipinski definition) is 1. The van der Waals surface area contributed by atoms with E-state index >= 15 is 0 Å². The number of halogens is 1. The predicted molar refractivity (Wildman–Crippen MR) is 78.7 cm³/mol. The van der Waals surface area contributed by atoms with E-state index in [1.807, 2.05) is 0 Å². The Morgan fingerprint density at radius 1 is 1.22 bits per heavy atom. The standard InChI is InChI=1S/C15H26BrNO/c1-14(2)12(15(14,3)4)13(18)17-9-10-6-5-7-11(16)8-10/h10-12H,5-9H2,1-4H3,(H,17,18). The zero-order valence-corrected chi connectivity index (χ0v) is 13.6. The lowest BCUT2D eigenvalue weighted by molar-refractivity contribution is -0.123. The topological polar surface area (TPSA) is 29.1 Å². The third-order valence-electron chi connectivity index (χ3n) is 5.57. The fourth-order valence-corrected chi connectivity index (χ4v) is 4.46. The molecule has 0 aromatic heterocycles. The lowest BCUT2D eigenvalue weighted by Crippen LogP contribution is -2.34. The summed E-state index contributed by atoms with van der Waals surface area (Å²) in [7, 11) is 0. The number of nitrogens with one attached hydrogen (secondary N) is 1. The fraction of sp³-hybridized carbons (Fsp3) is 0.933. The van der Waals surface area contributed by atoms with Crippen LogP contribution in [0.2, 0.25) is 0 Å². The van der Waals surface area contributed by atoms with E-state index in [2.05, 4.69) is 48.9 Å². The maximum Gasteiger partial charge on any atom is 0.224 e. The maximum atomic E-state index is 12.2. The normalized spacial score (nSPS) is 34.1. The van der Waals surface area contributed by atoms with Crippen LogP contribution in [-0.2, 0) is 4.79 Å². The molecule has 0 spiro atoms. The zero-order valence-electron chi connectivity index (χ0n) is 12.1. The molecule has 18 heavy (non-hydrogen) atoms. The molecular weight excluding hydrogens is 290 g/mol. The Bertz CT molecular complexity index is 323. The van der Waals surface area contributed by atoms with Gasteiger partial charge in [0.05, 0.1) is 0 Å². The quantitative estimate of drug-likeness (QED) is 0.790. The Morgan fingerprint density at radius 3 is 2.33 bits per heavy atom. The molecule has 0 aliphatic heterocycles. The Balaban J connectivity index is 1.80. The van der Waals surface area contributed by atoms with Gasteiger partial charge in [-0.3, -0.25) is 4.79 Å². The summed E-state index contributed by atoms with van der Waals surface area (Å²) in [6.07, 6.45) is 5.04. The van der Waals surface area contributed by atoms with Gasteiger partial charge in [0.25, 0.3) is 0 Å². The predicted octanol–water partition coefficient (Wildman–Crippen LogP) is 3.74. The van der Waals surface area contributed by atoms with Crippen LogP contribution in [0, 0.1) is 22.7 Å². The van der Waals surface area contributed by atoms with Gasteiger partial charge < -0.3 is 5.32 Å². The molecule has 2 nitrogen and oxygen atoms in total. The molecule has 0 aromatic carbocycles. The highest BCUT2D eigenvalue weighted by atomic mass is 79.9. The van der Waals surface area contributed by atoms with Crippen molar-refractivity contribution < 1.29 is 4.79 Å². The van der Waals surface area contributed by atoms with Crippen molar-refractivity contribution in [3.8, 4) is 0 Å². The van der Waals surface area contributed by atoms with E-state index in [9.17, 15) is 4.79 Å². The van der Waals surface area contributed by atoms with E-state index in [1.54, 1.807) is 0 Å². The van der Waals surface area contributed by atoms with Crippen LogP contribution in [0.15, 0.2) is 0 Å². The van der Waals surface area contributed by atoms with Gasteiger partial charge in [-0.25, -0.2) is 0 Å². The number of alkyl halides is 1. The Morgan fingerprint density at radius 2 is 1.83 bits per heavy atom. The summed E-state index contributed by atoms with van der Waals surface area (Å²) in [5, 5.41) is 3.19. The minimum atomic E-state index is 0.154. The SMILES string of the molecule is CC1(C)C(C(=O)NCC2CCCC(Br)C2)C1(C)C. The number of rotatable bonds is 3. The molecule has 104 valence electrons. The highest BCUT2D eigenvalue weighted by molar-refractivity contribution is 9.09. The van der Waals surface area contributed by atoms with Gasteiger partial charge in [0, 0.05) is 17.3 Å². The maximum absolute atomic E-state index is 12.2. The van der Waals surface area contributed by atoms with Crippen molar-refractivity contribution in [1.29, 1.82) is 0 Å². The third-order valence-corrected chi connectivity index (χ3v) is 6.40. The van der Waals surface area contributed by atoms with Crippen LogP contribution in [0.25, 0.3) is 0 Å². The van der Waals surface area contributed by atoms with Crippen LogP contribution in [0.3, 0.4) is 0 Å². The van der Waals surface area contributed by atoms with Crippen molar-refractivity contribution in [1.82, 2.24) is 5.32 Å². The Hall–Kier alpha value is -0.0500. The summed E-state index contributed by atoms with van der Waals surface area (Å²) >= 11 is 3.70. The average Bonchev–Trinajstić information content (AvgIpc) is 2.66. The molecule has 0 radical (unpaired) electrons. The van der Waals surface area contributed by atoms with Gasteiger partial charge in [-0.1, -0.05) is 50.0 Å². The van der Waals surface area contributed by atoms with E-state index in [0.717, 1.165) is 6.54 Å². The highest BCUT2D eigenvalue weighted by Gasteiger charge is 2.68. The van der Waals surface area contributed by atoms with Crippen LogP contribution in [0.4, 0.5) is 0 Å². The molecule has 1 amide bonds. The van der Waals surface area contributed by atoms with Gasteiger partial charge in [-0.2, -0.15) is 0 Å². The second kappa shape index (κ2) is 4.81. The largest absolute Gasteiger partial charge is 0.356 e. The van der Waals surface area contributed by atoms with Crippen molar-refractivity contribution in [3.05, 3.63) is 0 Å². The first kappa shape index (κ1) is 14.4. The molecule has 0 aromatic rings. The first-order valence-electron chi connectivity index (χ1n) is 7.18. The lowest BCUT2D eigenvalue weighted by atomic mass is 9.89. The van der Waals surface area contributed by atoms with Gasteiger partial charge >= 0.3 is 0 Å². The van der Waals surface area contributed by atoms with E-state index in [1.165, 1.54) is 25.7 Å². The van der Waals surface area contributed by atoms with E-state index in [0.29, 0.717) is 10.7 Å². The molecule has 2 aliphatic rings. The summed E-state index contributed by atoms with van der Waals surface area (Å²) in [4.78, 5) is 12.9. The monoisotopic (exact) mass is 315 g/mol. The lowest BCUT2D eigenvalue weighted by Gasteiger charge is -2.25. The first-order valence-corrected chi connectivity index (χ1v) is 8.10. The van der Waals surface area contributed by atoms with Crippen LogP contribution < -0.4 is 5.32 Å². The molecule has 0 heterocycles. The molecule has 2 unspecified atom stereocenters. The van der Waals surface area contributed by atoms with E-state index < -0.39 is 0 Å². The summed E-state index contributed by atoms with van der Waals surface area (Å²) in [6, 6.07) is 0. The zero-order chi connectivity index (χ0) is 13.6. The second-order valence-electron chi connectivity index (χ2n) is 7.25. The molecule has 0 saturated heterocycles. The summed E-state index contributed by atoms with van der Waals surface area (Å²) in [5.74, 6) is 1.12. The van der Waals surface area contributed by atoms with Crippen molar-refractivity contribution in [2.45, 2.75) is 58.2 Å².